The highest BCUT2D eigenvalue weighted by Crippen LogP contribution is 2.25. The molecule has 1 heterocycles. The predicted octanol–water partition coefficient (Wildman–Crippen LogP) is 5.92. The summed E-state index contributed by atoms with van der Waals surface area (Å²) < 4.78 is 11.0. The molecule has 3 aromatic carbocycles. The van der Waals surface area contributed by atoms with Gasteiger partial charge in [-0.1, -0.05) is 69.2 Å². The molecule has 0 saturated heterocycles. The lowest BCUT2D eigenvalue weighted by Gasteiger charge is -2.19. The zero-order valence-corrected chi connectivity index (χ0v) is 22.6. The number of amides is 1. The minimum absolute atomic E-state index is 0.0389. The Bertz CT molecular complexity index is 1400. The van der Waals surface area contributed by atoms with Gasteiger partial charge in [0.1, 0.15) is 11.8 Å². The topological polar surface area (TPSA) is 115 Å². The molecule has 0 saturated carbocycles. The monoisotopic (exact) mass is 527 g/mol. The molecule has 0 aliphatic heterocycles. The fourth-order valence-electron chi connectivity index (χ4n) is 3.96. The molecule has 39 heavy (non-hydrogen) atoms. The van der Waals surface area contributed by atoms with Crippen LogP contribution in [0.2, 0.25) is 0 Å². The number of carbonyl (C=O) groups is 2. The van der Waals surface area contributed by atoms with E-state index in [0.29, 0.717) is 23.9 Å². The van der Waals surface area contributed by atoms with E-state index in [1.165, 1.54) is 0 Å². The van der Waals surface area contributed by atoms with Crippen molar-refractivity contribution < 1.29 is 24.0 Å². The molecular weight excluding hydrogens is 494 g/mol. The standard InChI is InChI=1S/C31H33N3O5/c1-5-18-38-25-16-12-23(13-17-25)29-33-27(34-39-29)21-8-6-20(7-9-21)19-26(30(36)37)32-28(35)22-10-14-24(15-11-22)31(2,3)4/h6-17,26H,5,18-19H2,1-4H3,(H,32,35)(H,36,37). The number of benzene rings is 3. The summed E-state index contributed by atoms with van der Waals surface area (Å²) in [7, 11) is 0. The van der Waals surface area contributed by atoms with Crippen molar-refractivity contribution in [3.63, 3.8) is 0 Å². The maximum Gasteiger partial charge on any atom is 0.326 e. The van der Waals surface area contributed by atoms with Crippen molar-refractivity contribution in [1.82, 2.24) is 15.5 Å². The summed E-state index contributed by atoms with van der Waals surface area (Å²) >= 11 is 0. The average molecular weight is 528 g/mol. The minimum Gasteiger partial charge on any atom is -0.494 e. The number of hydrogen-bond donors (Lipinski definition) is 2. The Labute approximate surface area is 228 Å². The Morgan fingerprint density at radius 1 is 0.949 bits per heavy atom. The zero-order valence-electron chi connectivity index (χ0n) is 22.6. The summed E-state index contributed by atoms with van der Waals surface area (Å²) in [5, 5.41) is 16.4. The number of nitrogens with zero attached hydrogens (tertiary/aromatic N) is 2. The van der Waals surface area contributed by atoms with Gasteiger partial charge in [0.05, 0.1) is 6.61 Å². The van der Waals surface area contributed by atoms with E-state index in [0.717, 1.165) is 34.4 Å². The summed E-state index contributed by atoms with van der Waals surface area (Å²) in [6, 6.07) is 20.8. The smallest absolute Gasteiger partial charge is 0.326 e. The molecule has 1 unspecified atom stereocenters. The summed E-state index contributed by atoms with van der Waals surface area (Å²) in [4.78, 5) is 29.1. The van der Waals surface area contributed by atoms with Crippen LogP contribution in [-0.4, -0.2) is 39.8 Å². The average Bonchev–Trinajstić information content (AvgIpc) is 3.42. The number of aliphatic carboxylic acids is 1. The SMILES string of the molecule is CCCOc1ccc(-c2nc(-c3ccc(CC(NC(=O)c4ccc(C(C)(C)C)cc4)C(=O)O)cc3)no2)cc1. The summed E-state index contributed by atoms with van der Waals surface area (Å²) in [5.74, 6) is 0.0617. The van der Waals surface area contributed by atoms with E-state index >= 15 is 0 Å². The van der Waals surface area contributed by atoms with E-state index in [1.807, 2.05) is 36.4 Å². The Morgan fingerprint density at radius 2 is 1.59 bits per heavy atom. The Hall–Kier alpha value is -4.46. The highest BCUT2D eigenvalue weighted by molar-refractivity contribution is 5.96. The van der Waals surface area contributed by atoms with Gasteiger partial charge in [0.2, 0.25) is 5.82 Å². The van der Waals surface area contributed by atoms with Gasteiger partial charge >= 0.3 is 5.97 Å². The second kappa shape index (κ2) is 11.9. The number of carbonyl (C=O) groups excluding carboxylic acids is 1. The van der Waals surface area contributed by atoms with Crippen LogP contribution in [0.4, 0.5) is 0 Å². The first-order valence-corrected chi connectivity index (χ1v) is 12.9. The molecule has 1 atom stereocenters. The quantitative estimate of drug-likeness (QED) is 0.263. The molecule has 1 aromatic heterocycles. The fraction of sp³-hybridized carbons (Fsp3) is 0.290. The highest BCUT2D eigenvalue weighted by Gasteiger charge is 2.22. The Kier molecular flexibility index (Phi) is 8.44. The molecule has 8 nitrogen and oxygen atoms in total. The van der Waals surface area contributed by atoms with E-state index in [1.54, 1.807) is 36.4 Å². The largest absolute Gasteiger partial charge is 0.494 e. The molecule has 0 bridgehead atoms. The number of rotatable bonds is 10. The molecular formula is C31H33N3O5. The van der Waals surface area contributed by atoms with Crippen LogP contribution in [-0.2, 0) is 16.6 Å². The molecule has 4 rings (SSSR count). The zero-order chi connectivity index (χ0) is 28.0. The molecule has 2 N–H and O–H groups in total. The molecule has 0 aliphatic carbocycles. The number of carboxylic acids is 1. The number of nitrogens with one attached hydrogen (secondary N) is 1. The number of carboxylic acid groups (broad SMARTS) is 1. The van der Waals surface area contributed by atoms with E-state index in [9.17, 15) is 14.7 Å². The highest BCUT2D eigenvalue weighted by atomic mass is 16.5. The minimum atomic E-state index is -1.10. The van der Waals surface area contributed by atoms with Gasteiger partial charge in [-0.25, -0.2) is 4.79 Å². The molecule has 1 amide bonds. The van der Waals surface area contributed by atoms with Gasteiger partial charge in [0.15, 0.2) is 0 Å². The number of aromatic nitrogens is 2. The van der Waals surface area contributed by atoms with E-state index in [-0.39, 0.29) is 11.8 Å². The fourth-order valence-corrected chi connectivity index (χ4v) is 3.96. The van der Waals surface area contributed by atoms with Crippen molar-refractivity contribution in [3.05, 3.63) is 89.5 Å². The van der Waals surface area contributed by atoms with Crippen molar-refractivity contribution in [3.8, 4) is 28.6 Å². The van der Waals surface area contributed by atoms with Crippen LogP contribution in [0.1, 0.15) is 55.6 Å². The molecule has 0 fully saturated rings. The van der Waals surface area contributed by atoms with Crippen molar-refractivity contribution >= 4 is 11.9 Å². The third-order valence-corrected chi connectivity index (χ3v) is 6.27. The van der Waals surface area contributed by atoms with Crippen molar-refractivity contribution in [2.24, 2.45) is 0 Å². The second-order valence-electron chi connectivity index (χ2n) is 10.4. The van der Waals surface area contributed by atoms with Crippen LogP contribution >= 0.6 is 0 Å². The van der Waals surface area contributed by atoms with Crippen LogP contribution in [0.25, 0.3) is 22.8 Å². The van der Waals surface area contributed by atoms with Gasteiger partial charge < -0.3 is 19.7 Å². The Morgan fingerprint density at radius 3 is 2.18 bits per heavy atom. The van der Waals surface area contributed by atoms with Crippen LogP contribution in [0.15, 0.2) is 77.3 Å². The Balaban J connectivity index is 1.40. The van der Waals surface area contributed by atoms with Crippen molar-refractivity contribution in [2.75, 3.05) is 6.61 Å². The van der Waals surface area contributed by atoms with Crippen molar-refractivity contribution in [2.45, 2.75) is 52.0 Å². The lowest BCUT2D eigenvalue weighted by Crippen LogP contribution is -2.42. The molecule has 0 aliphatic rings. The maximum absolute atomic E-state index is 12.7. The van der Waals surface area contributed by atoms with E-state index in [4.69, 9.17) is 9.26 Å². The van der Waals surface area contributed by atoms with Gasteiger partial charge in [-0.3, -0.25) is 4.79 Å². The van der Waals surface area contributed by atoms with Crippen LogP contribution in [0.3, 0.4) is 0 Å². The number of ether oxygens (including phenoxy) is 1. The lowest BCUT2D eigenvalue weighted by molar-refractivity contribution is -0.139. The summed E-state index contributed by atoms with van der Waals surface area (Å²) in [5.41, 5.74) is 3.73. The molecule has 8 heteroatoms. The van der Waals surface area contributed by atoms with E-state index < -0.39 is 17.9 Å². The van der Waals surface area contributed by atoms with Gasteiger partial charge in [-0.15, -0.1) is 0 Å². The maximum atomic E-state index is 12.7. The van der Waals surface area contributed by atoms with Crippen molar-refractivity contribution in [1.29, 1.82) is 0 Å². The molecule has 202 valence electrons. The molecule has 0 radical (unpaired) electrons. The first kappa shape index (κ1) is 27.6. The third-order valence-electron chi connectivity index (χ3n) is 6.27. The molecule has 4 aromatic rings. The van der Waals surface area contributed by atoms with Crippen LogP contribution in [0, 0.1) is 0 Å². The third kappa shape index (κ3) is 7.10. The van der Waals surface area contributed by atoms with Crippen LogP contribution < -0.4 is 10.1 Å². The lowest BCUT2D eigenvalue weighted by atomic mass is 9.86. The second-order valence-corrected chi connectivity index (χ2v) is 10.4. The summed E-state index contributed by atoms with van der Waals surface area (Å²) in [6.45, 7) is 8.98. The number of hydrogen-bond acceptors (Lipinski definition) is 6. The van der Waals surface area contributed by atoms with Gasteiger partial charge in [-0.05, 0) is 59.4 Å². The van der Waals surface area contributed by atoms with Gasteiger partial charge in [-0.2, -0.15) is 4.98 Å². The summed E-state index contributed by atoms with van der Waals surface area (Å²) in [6.07, 6.45) is 1.07. The van der Waals surface area contributed by atoms with Gasteiger partial charge in [0.25, 0.3) is 11.8 Å². The first-order valence-electron chi connectivity index (χ1n) is 12.9. The first-order chi connectivity index (χ1) is 18.6. The van der Waals surface area contributed by atoms with Gasteiger partial charge in [0, 0.05) is 23.1 Å². The predicted molar refractivity (Wildman–Crippen MR) is 149 cm³/mol. The van der Waals surface area contributed by atoms with Crippen LogP contribution in [0.5, 0.6) is 5.75 Å². The molecule has 0 spiro atoms. The van der Waals surface area contributed by atoms with E-state index in [2.05, 4.69) is 43.2 Å². The normalized spacial score (nSPS) is 12.1.